The van der Waals surface area contributed by atoms with Crippen LogP contribution in [0.5, 0.6) is 11.5 Å². The van der Waals surface area contributed by atoms with E-state index in [9.17, 15) is 13.2 Å². The van der Waals surface area contributed by atoms with Crippen LogP contribution in [0.25, 0.3) is 0 Å². The first-order valence-electron chi connectivity index (χ1n) is 12.8. The van der Waals surface area contributed by atoms with Crippen molar-refractivity contribution in [2.45, 2.75) is 62.8 Å². The van der Waals surface area contributed by atoms with Gasteiger partial charge in [0.15, 0.2) is 11.5 Å². The van der Waals surface area contributed by atoms with Crippen molar-refractivity contribution >= 4 is 15.9 Å². The van der Waals surface area contributed by atoms with E-state index in [2.05, 4.69) is 5.32 Å². The highest BCUT2D eigenvalue weighted by Gasteiger charge is 2.33. The number of piperidine rings is 1. The van der Waals surface area contributed by atoms with Crippen molar-refractivity contribution in [3.05, 3.63) is 53.1 Å². The van der Waals surface area contributed by atoms with Gasteiger partial charge in [0.05, 0.1) is 10.9 Å². The molecule has 8 heteroatoms. The number of nitrogens with one attached hydrogen (secondary N) is 1. The minimum atomic E-state index is -3.55. The van der Waals surface area contributed by atoms with E-state index in [1.165, 1.54) is 12.0 Å². The Hall–Kier alpha value is -2.58. The fourth-order valence-electron chi connectivity index (χ4n) is 5.37. The number of aryl methyl sites for hydroxylation is 2. The zero-order valence-electron chi connectivity index (χ0n) is 20.3. The predicted molar refractivity (Wildman–Crippen MR) is 133 cm³/mol. The first-order chi connectivity index (χ1) is 17.0. The molecule has 1 unspecified atom stereocenters. The van der Waals surface area contributed by atoms with Gasteiger partial charge < -0.3 is 14.8 Å². The van der Waals surface area contributed by atoms with Crippen LogP contribution in [0.3, 0.4) is 0 Å². The first-order valence-corrected chi connectivity index (χ1v) is 14.2. The number of carbonyl (C=O) groups excluding carboxylic acids is 1. The van der Waals surface area contributed by atoms with E-state index in [4.69, 9.17) is 9.47 Å². The third kappa shape index (κ3) is 5.05. The number of fused-ring (bicyclic) bond motifs is 2. The summed E-state index contributed by atoms with van der Waals surface area (Å²) >= 11 is 0. The number of hydrogen-bond acceptors (Lipinski definition) is 5. The Morgan fingerprint density at radius 2 is 1.71 bits per heavy atom. The Morgan fingerprint density at radius 3 is 2.46 bits per heavy atom. The molecule has 0 spiro atoms. The van der Waals surface area contributed by atoms with E-state index in [0.29, 0.717) is 49.8 Å². The number of hydrogen-bond donors (Lipinski definition) is 1. The summed E-state index contributed by atoms with van der Waals surface area (Å²) in [6.07, 6.45) is 6.05. The van der Waals surface area contributed by atoms with E-state index < -0.39 is 10.0 Å². The van der Waals surface area contributed by atoms with Gasteiger partial charge in [-0.1, -0.05) is 19.1 Å². The summed E-state index contributed by atoms with van der Waals surface area (Å²) in [5.41, 5.74) is 3.42. The molecule has 1 aliphatic carbocycles. The van der Waals surface area contributed by atoms with Crippen LogP contribution in [-0.2, 0) is 27.7 Å². The highest BCUT2D eigenvalue weighted by Crippen LogP contribution is 2.34. The van der Waals surface area contributed by atoms with Crippen molar-refractivity contribution in [2.75, 3.05) is 26.3 Å². The van der Waals surface area contributed by atoms with Crippen LogP contribution < -0.4 is 14.8 Å². The summed E-state index contributed by atoms with van der Waals surface area (Å²) in [6, 6.07) is 11.3. The number of nitrogens with zero attached hydrogens (tertiary/aromatic N) is 1. The molecule has 2 heterocycles. The van der Waals surface area contributed by atoms with Crippen LogP contribution >= 0.6 is 0 Å². The van der Waals surface area contributed by atoms with E-state index in [-0.39, 0.29) is 17.9 Å². The zero-order chi connectivity index (χ0) is 24.4. The van der Waals surface area contributed by atoms with E-state index >= 15 is 0 Å². The Morgan fingerprint density at radius 1 is 1.00 bits per heavy atom. The highest BCUT2D eigenvalue weighted by molar-refractivity contribution is 7.89. The van der Waals surface area contributed by atoms with Gasteiger partial charge in [-0.25, -0.2) is 8.42 Å². The molecule has 2 aliphatic heterocycles. The Balaban J connectivity index is 1.21. The molecule has 0 radical (unpaired) electrons. The van der Waals surface area contributed by atoms with Gasteiger partial charge in [-0.2, -0.15) is 4.31 Å². The lowest BCUT2D eigenvalue weighted by Gasteiger charge is -2.32. The molecule has 35 heavy (non-hydrogen) atoms. The van der Waals surface area contributed by atoms with E-state index in [0.717, 1.165) is 42.6 Å². The van der Waals surface area contributed by atoms with Gasteiger partial charge in [-0.15, -0.1) is 0 Å². The van der Waals surface area contributed by atoms with Crippen LogP contribution in [0.4, 0.5) is 0 Å². The maximum absolute atomic E-state index is 13.3. The van der Waals surface area contributed by atoms with Gasteiger partial charge in [-0.05, 0) is 85.9 Å². The van der Waals surface area contributed by atoms with Gasteiger partial charge in [0.2, 0.25) is 15.9 Å². The second-order valence-corrected chi connectivity index (χ2v) is 11.6. The normalized spacial score (nSPS) is 19.6. The monoisotopic (exact) mass is 498 g/mol. The number of ether oxygens (including phenoxy) is 2. The Labute approximate surface area is 207 Å². The van der Waals surface area contributed by atoms with Crippen LogP contribution in [0.1, 0.15) is 61.8 Å². The molecule has 0 bridgehead atoms. The number of amides is 1. The maximum Gasteiger partial charge on any atom is 0.243 e. The number of carbonyl (C=O) groups is 1. The minimum absolute atomic E-state index is 0.0161. The van der Waals surface area contributed by atoms with Crippen molar-refractivity contribution in [3.63, 3.8) is 0 Å². The summed E-state index contributed by atoms with van der Waals surface area (Å²) < 4.78 is 39.4. The summed E-state index contributed by atoms with van der Waals surface area (Å²) in [4.78, 5) is 13.5. The SMILES string of the molecule is CCC(NC(=O)C1CCN(S(=O)(=O)c2ccc3c(c2)CCCC3)CC1)c1ccc2c(c1)OCCO2. The molecule has 1 atom stereocenters. The van der Waals surface area contributed by atoms with Crippen molar-refractivity contribution < 1.29 is 22.7 Å². The average Bonchev–Trinajstić information content (AvgIpc) is 2.91. The second kappa shape index (κ2) is 10.2. The average molecular weight is 499 g/mol. The topological polar surface area (TPSA) is 84.9 Å². The van der Waals surface area contributed by atoms with E-state index in [1.807, 2.05) is 37.3 Å². The van der Waals surface area contributed by atoms with Crippen LogP contribution in [0.15, 0.2) is 41.3 Å². The van der Waals surface area contributed by atoms with Crippen LogP contribution in [-0.4, -0.2) is 44.9 Å². The second-order valence-electron chi connectivity index (χ2n) is 9.69. The van der Waals surface area contributed by atoms with Crippen molar-refractivity contribution in [1.29, 1.82) is 0 Å². The summed E-state index contributed by atoms with van der Waals surface area (Å²) in [7, 11) is -3.55. The third-order valence-corrected chi connectivity index (χ3v) is 9.37. The maximum atomic E-state index is 13.3. The van der Waals surface area contributed by atoms with Crippen molar-refractivity contribution in [1.82, 2.24) is 9.62 Å². The molecule has 0 aromatic heterocycles. The number of rotatable bonds is 6. The minimum Gasteiger partial charge on any atom is -0.486 e. The van der Waals surface area contributed by atoms with Crippen molar-refractivity contribution in [3.8, 4) is 11.5 Å². The third-order valence-electron chi connectivity index (χ3n) is 7.48. The van der Waals surface area contributed by atoms with Gasteiger partial charge >= 0.3 is 0 Å². The molecule has 2 aromatic rings. The number of sulfonamides is 1. The molecule has 1 N–H and O–H groups in total. The largest absolute Gasteiger partial charge is 0.486 e. The lowest BCUT2D eigenvalue weighted by Crippen LogP contribution is -2.43. The quantitative estimate of drug-likeness (QED) is 0.651. The smallest absolute Gasteiger partial charge is 0.243 e. The first kappa shape index (κ1) is 24.1. The van der Waals surface area contributed by atoms with Gasteiger partial charge in [0.25, 0.3) is 0 Å². The number of benzene rings is 2. The molecule has 3 aliphatic rings. The summed E-state index contributed by atoms with van der Waals surface area (Å²) in [5.74, 6) is 1.23. The van der Waals surface area contributed by atoms with Crippen LogP contribution in [0.2, 0.25) is 0 Å². The van der Waals surface area contributed by atoms with Gasteiger partial charge in [0.1, 0.15) is 13.2 Å². The zero-order valence-corrected chi connectivity index (χ0v) is 21.1. The molecule has 188 valence electrons. The molecule has 7 nitrogen and oxygen atoms in total. The molecule has 0 saturated carbocycles. The highest BCUT2D eigenvalue weighted by atomic mass is 32.2. The fourth-order valence-corrected chi connectivity index (χ4v) is 6.89. The summed E-state index contributed by atoms with van der Waals surface area (Å²) in [5, 5.41) is 3.18. The molecular formula is C27H34N2O5S. The molecule has 1 saturated heterocycles. The van der Waals surface area contributed by atoms with E-state index in [1.54, 1.807) is 10.4 Å². The molecular weight excluding hydrogens is 464 g/mol. The molecule has 5 rings (SSSR count). The Kier molecular flexibility index (Phi) is 7.02. The predicted octanol–water partition coefficient (Wildman–Crippen LogP) is 4.00. The van der Waals surface area contributed by atoms with Crippen LogP contribution in [0, 0.1) is 5.92 Å². The summed E-state index contributed by atoms with van der Waals surface area (Å²) in [6.45, 7) is 3.82. The van der Waals surface area contributed by atoms with Crippen molar-refractivity contribution in [2.24, 2.45) is 5.92 Å². The van der Waals surface area contributed by atoms with Gasteiger partial charge in [-0.3, -0.25) is 4.79 Å². The lowest BCUT2D eigenvalue weighted by molar-refractivity contribution is -0.126. The standard InChI is InChI=1S/C27H34N2O5S/c1-2-24(22-8-10-25-26(18-22)34-16-15-33-25)28-27(30)20-11-13-29(14-12-20)35(31,32)23-9-7-19-5-3-4-6-21(19)17-23/h7-10,17-18,20,24H,2-6,11-16H2,1H3,(H,28,30). The molecule has 1 fully saturated rings. The molecule has 2 aromatic carbocycles. The fraction of sp³-hybridized carbons (Fsp3) is 0.519. The molecule has 1 amide bonds. The lowest BCUT2D eigenvalue weighted by atomic mass is 9.92. The Bertz CT molecular complexity index is 1190. The van der Waals surface area contributed by atoms with Gasteiger partial charge in [0, 0.05) is 19.0 Å².